The van der Waals surface area contributed by atoms with Gasteiger partial charge >= 0.3 is 6.18 Å². The summed E-state index contributed by atoms with van der Waals surface area (Å²) >= 11 is 0. The fourth-order valence-electron chi connectivity index (χ4n) is 1.51. The number of aliphatic hydroxyl groups is 1. The highest BCUT2D eigenvalue weighted by Gasteiger charge is 2.30. The highest BCUT2D eigenvalue weighted by atomic mass is 19.4. The summed E-state index contributed by atoms with van der Waals surface area (Å²) in [6.07, 6.45) is -1.56. The lowest BCUT2D eigenvalue weighted by molar-refractivity contribution is -0.137. The second-order valence-electron chi connectivity index (χ2n) is 3.89. The van der Waals surface area contributed by atoms with Gasteiger partial charge in [0.1, 0.15) is 6.61 Å². The number of halogens is 3. The van der Waals surface area contributed by atoms with Crippen LogP contribution in [0.1, 0.15) is 5.56 Å². The average molecular weight is 284 g/mol. The van der Waals surface area contributed by atoms with E-state index >= 15 is 0 Å². The highest BCUT2D eigenvalue weighted by molar-refractivity contribution is 5.55. The van der Waals surface area contributed by atoms with Gasteiger partial charge in [-0.1, -0.05) is 12.1 Å². The lowest BCUT2D eigenvalue weighted by Gasteiger charge is -2.07. The molecule has 0 amide bonds. The number of benzene rings is 1. The predicted octanol–water partition coefficient (Wildman–Crippen LogP) is 2.53. The van der Waals surface area contributed by atoms with E-state index < -0.39 is 11.7 Å². The van der Waals surface area contributed by atoms with Crippen LogP contribution < -0.4 is 4.74 Å². The van der Waals surface area contributed by atoms with Gasteiger partial charge in [-0.15, -0.1) is 0 Å². The van der Waals surface area contributed by atoms with Gasteiger partial charge in [0.15, 0.2) is 11.6 Å². The number of hydrogen-bond donors (Lipinski definition) is 1. The Labute approximate surface area is 112 Å². The summed E-state index contributed by atoms with van der Waals surface area (Å²) in [5.74, 6) is 0.685. The van der Waals surface area contributed by atoms with Crippen molar-refractivity contribution in [2.45, 2.75) is 6.18 Å². The summed E-state index contributed by atoms with van der Waals surface area (Å²) in [6.45, 7) is 0.00361. The van der Waals surface area contributed by atoms with Crippen molar-refractivity contribution in [3.05, 3.63) is 42.2 Å². The summed E-state index contributed by atoms with van der Waals surface area (Å²) in [5.41, 5.74) is -0.240. The van der Waals surface area contributed by atoms with Crippen LogP contribution in [-0.2, 0) is 6.18 Å². The Morgan fingerprint density at radius 1 is 1.05 bits per heavy atom. The van der Waals surface area contributed by atoms with Crippen LogP contribution in [0.25, 0.3) is 11.4 Å². The highest BCUT2D eigenvalue weighted by Crippen LogP contribution is 2.30. The van der Waals surface area contributed by atoms with E-state index in [0.29, 0.717) is 17.1 Å². The van der Waals surface area contributed by atoms with Crippen molar-refractivity contribution in [1.82, 2.24) is 9.97 Å². The number of alkyl halides is 3. The molecule has 1 N–H and O–H groups in total. The molecule has 0 saturated carbocycles. The number of hydrogen-bond acceptors (Lipinski definition) is 4. The van der Waals surface area contributed by atoms with Gasteiger partial charge in [-0.2, -0.15) is 13.2 Å². The standard InChI is InChI=1S/C13H11F3N2O2/c14-13(15,16)10-3-1-9(2-4-10)12-17-7-11(8-18-12)20-6-5-19/h1-4,7-8,19H,5-6H2. The molecule has 0 aliphatic heterocycles. The predicted molar refractivity (Wildman–Crippen MR) is 65.1 cm³/mol. The molecule has 0 radical (unpaired) electrons. The third kappa shape index (κ3) is 3.45. The number of nitrogens with zero attached hydrogens (tertiary/aromatic N) is 2. The van der Waals surface area contributed by atoms with E-state index in [1.165, 1.54) is 24.5 Å². The quantitative estimate of drug-likeness (QED) is 0.937. The SMILES string of the molecule is OCCOc1cnc(-c2ccc(C(F)(F)F)cc2)nc1. The van der Waals surface area contributed by atoms with Crippen LogP contribution in [0.2, 0.25) is 0 Å². The summed E-state index contributed by atoms with van der Waals surface area (Å²) in [7, 11) is 0. The fraction of sp³-hybridized carbons (Fsp3) is 0.231. The molecule has 0 bridgehead atoms. The molecule has 0 saturated heterocycles. The van der Waals surface area contributed by atoms with Gasteiger partial charge in [-0.05, 0) is 12.1 Å². The maximum absolute atomic E-state index is 12.4. The largest absolute Gasteiger partial charge is 0.488 e. The summed E-state index contributed by atoms with van der Waals surface area (Å²) in [5, 5.41) is 8.59. The molecular weight excluding hydrogens is 273 g/mol. The van der Waals surface area contributed by atoms with Crippen molar-refractivity contribution in [2.75, 3.05) is 13.2 Å². The van der Waals surface area contributed by atoms with Crippen LogP contribution >= 0.6 is 0 Å². The summed E-state index contributed by atoms with van der Waals surface area (Å²) < 4.78 is 42.4. The minimum Gasteiger partial charge on any atom is -0.488 e. The molecule has 0 unspecified atom stereocenters. The van der Waals surface area contributed by atoms with Crippen molar-refractivity contribution in [3.63, 3.8) is 0 Å². The van der Waals surface area contributed by atoms with E-state index in [-0.39, 0.29) is 13.2 Å². The van der Waals surface area contributed by atoms with E-state index in [0.717, 1.165) is 12.1 Å². The lowest BCUT2D eigenvalue weighted by Crippen LogP contribution is -2.04. The molecule has 106 valence electrons. The number of ether oxygens (including phenoxy) is 1. The first-order valence-electron chi connectivity index (χ1n) is 5.74. The zero-order valence-corrected chi connectivity index (χ0v) is 10.3. The topological polar surface area (TPSA) is 55.2 Å². The molecule has 0 atom stereocenters. The monoisotopic (exact) mass is 284 g/mol. The van der Waals surface area contributed by atoms with Crippen molar-refractivity contribution in [1.29, 1.82) is 0 Å². The van der Waals surface area contributed by atoms with Crippen LogP contribution in [0, 0.1) is 0 Å². The van der Waals surface area contributed by atoms with Gasteiger partial charge in [0.25, 0.3) is 0 Å². The molecule has 20 heavy (non-hydrogen) atoms. The first-order chi connectivity index (χ1) is 9.50. The molecule has 1 aromatic heterocycles. The van der Waals surface area contributed by atoms with Crippen molar-refractivity contribution in [3.8, 4) is 17.1 Å². The molecule has 0 spiro atoms. The lowest BCUT2D eigenvalue weighted by atomic mass is 10.1. The Kier molecular flexibility index (Phi) is 4.19. The van der Waals surface area contributed by atoms with E-state index in [1.807, 2.05) is 0 Å². The molecule has 7 heteroatoms. The normalized spacial score (nSPS) is 11.4. The van der Waals surface area contributed by atoms with E-state index in [1.54, 1.807) is 0 Å². The van der Waals surface area contributed by atoms with E-state index in [4.69, 9.17) is 9.84 Å². The van der Waals surface area contributed by atoms with Crippen LogP contribution in [-0.4, -0.2) is 28.3 Å². The second-order valence-corrected chi connectivity index (χ2v) is 3.89. The minimum absolute atomic E-state index is 0.124. The zero-order chi connectivity index (χ0) is 14.6. The van der Waals surface area contributed by atoms with Gasteiger partial charge in [0.2, 0.25) is 0 Å². The molecular formula is C13H11F3N2O2. The molecule has 4 nitrogen and oxygen atoms in total. The van der Waals surface area contributed by atoms with Crippen LogP contribution in [0.3, 0.4) is 0 Å². The minimum atomic E-state index is -4.36. The maximum atomic E-state index is 12.4. The third-order valence-corrected chi connectivity index (χ3v) is 2.46. The molecule has 1 aromatic carbocycles. The van der Waals surface area contributed by atoms with E-state index in [2.05, 4.69) is 9.97 Å². The Balaban J connectivity index is 2.15. The zero-order valence-electron chi connectivity index (χ0n) is 10.3. The maximum Gasteiger partial charge on any atom is 0.416 e. The first-order valence-corrected chi connectivity index (χ1v) is 5.74. The molecule has 2 rings (SSSR count). The van der Waals surface area contributed by atoms with Crippen molar-refractivity contribution < 1.29 is 23.0 Å². The Morgan fingerprint density at radius 2 is 1.65 bits per heavy atom. The molecule has 0 aliphatic carbocycles. The van der Waals surface area contributed by atoms with E-state index in [9.17, 15) is 13.2 Å². The van der Waals surface area contributed by atoms with Crippen molar-refractivity contribution >= 4 is 0 Å². The molecule has 2 aromatic rings. The van der Waals surface area contributed by atoms with Crippen LogP contribution in [0.4, 0.5) is 13.2 Å². The summed E-state index contributed by atoms with van der Waals surface area (Å²) in [6, 6.07) is 4.59. The van der Waals surface area contributed by atoms with Gasteiger partial charge < -0.3 is 9.84 Å². The molecule has 0 aliphatic rings. The molecule has 1 heterocycles. The Hall–Kier alpha value is -2.15. The van der Waals surface area contributed by atoms with Gasteiger partial charge in [0.05, 0.1) is 24.6 Å². The van der Waals surface area contributed by atoms with Crippen molar-refractivity contribution in [2.24, 2.45) is 0 Å². The number of aromatic nitrogens is 2. The Morgan fingerprint density at radius 3 is 2.15 bits per heavy atom. The van der Waals surface area contributed by atoms with Crippen LogP contribution in [0.5, 0.6) is 5.75 Å². The van der Waals surface area contributed by atoms with Crippen LogP contribution in [0.15, 0.2) is 36.7 Å². The second kappa shape index (κ2) is 5.87. The Bertz CT molecular complexity index is 553. The van der Waals surface area contributed by atoms with Gasteiger partial charge in [-0.25, -0.2) is 9.97 Å². The number of aliphatic hydroxyl groups excluding tert-OH is 1. The number of rotatable bonds is 4. The fourth-order valence-corrected chi connectivity index (χ4v) is 1.51. The summed E-state index contributed by atoms with van der Waals surface area (Å²) in [4.78, 5) is 7.99. The average Bonchev–Trinajstić information content (AvgIpc) is 2.45. The smallest absolute Gasteiger partial charge is 0.416 e. The molecule has 0 fully saturated rings. The third-order valence-electron chi connectivity index (χ3n) is 2.46. The first kappa shape index (κ1) is 14.3. The van der Waals surface area contributed by atoms with Gasteiger partial charge in [0, 0.05) is 5.56 Å². The van der Waals surface area contributed by atoms with Gasteiger partial charge in [-0.3, -0.25) is 0 Å².